The Hall–Kier alpha value is -2.62. The topological polar surface area (TPSA) is 50.8 Å². The summed E-state index contributed by atoms with van der Waals surface area (Å²) in [5.41, 5.74) is 4.63. The van der Waals surface area contributed by atoms with Crippen LogP contribution in [0.1, 0.15) is 28.3 Å². The fraction of sp³-hybridized carbons (Fsp3) is 0.176. The molecule has 3 aromatic rings. The van der Waals surface area contributed by atoms with Crippen molar-refractivity contribution in [1.29, 1.82) is 0 Å². The molecule has 1 aliphatic heterocycles. The van der Waals surface area contributed by atoms with Crippen molar-refractivity contribution in [2.45, 2.75) is 12.3 Å². The monoisotopic (exact) mass is 277 g/mol. The summed E-state index contributed by atoms with van der Waals surface area (Å²) in [6, 6.07) is 10.4. The van der Waals surface area contributed by atoms with Gasteiger partial charge in [0.05, 0.1) is 18.9 Å². The zero-order valence-electron chi connectivity index (χ0n) is 11.5. The van der Waals surface area contributed by atoms with E-state index >= 15 is 0 Å². The number of aromatic amines is 1. The summed E-state index contributed by atoms with van der Waals surface area (Å²) >= 11 is 0. The second-order valence-electron chi connectivity index (χ2n) is 5.16. The Bertz CT molecular complexity index is 738. The molecule has 1 unspecified atom stereocenters. The van der Waals surface area contributed by atoms with Crippen molar-refractivity contribution in [3.8, 4) is 5.75 Å². The molecule has 4 nitrogen and oxygen atoms in total. The Morgan fingerprint density at radius 1 is 1.10 bits per heavy atom. The fourth-order valence-electron chi connectivity index (χ4n) is 2.97. The number of hydrogen-bond donors (Lipinski definition) is 1. The summed E-state index contributed by atoms with van der Waals surface area (Å²) in [5.74, 6) is 1.08. The quantitative estimate of drug-likeness (QED) is 0.801. The van der Waals surface area contributed by atoms with Crippen LogP contribution < -0.4 is 4.74 Å². The second-order valence-corrected chi connectivity index (χ2v) is 5.16. The lowest BCUT2D eigenvalue weighted by Crippen LogP contribution is -2.06. The standard InChI is InChI=1S/C17H15N3O/c1-3-12-6-8-21-17(12)14(5-1)16(15-10-19-11-20-15)13-4-2-7-18-9-13/h1-5,7,9-11,16H,6,8H2,(H,19,20). The highest BCUT2D eigenvalue weighted by Crippen LogP contribution is 2.39. The van der Waals surface area contributed by atoms with Gasteiger partial charge >= 0.3 is 0 Å². The molecule has 3 heterocycles. The molecule has 0 bridgehead atoms. The van der Waals surface area contributed by atoms with Crippen molar-refractivity contribution in [3.63, 3.8) is 0 Å². The van der Waals surface area contributed by atoms with Crippen LogP contribution in [-0.2, 0) is 6.42 Å². The second kappa shape index (κ2) is 5.05. The average molecular weight is 277 g/mol. The number of nitrogens with one attached hydrogen (secondary N) is 1. The van der Waals surface area contributed by atoms with Crippen molar-refractivity contribution in [2.24, 2.45) is 0 Å². The minimum Gasteiger partial charge on any atom is -0.493 e. The Labute approximate surface area is 122 Å². The molecule has 2 aromatic heterocycles. The summed E-state index contributed by atoms with van der Waals surface area (Å²) in [5, 5.41) is 0. The number of H-pyrrole nitrogens is 1. The minimum atomic E-state index is 0.0641. The van der Waals surface area contributed by atoms with Gasteiger partial charge in [0.25, 0.3) is 0 Å². The predicted molar refractivity (Wildman–Crippen MR) is 79.4 cm³/mol. The number of ether oxygens (including phenoxy) is 1. The highest BCUT2D eigenvalue weighted by molar-refractivity contribution is 5.51. The number of fused-ring (bicyclic) bond motifs is 1. The molecule has 0 radical (unpaired) electrons. The van der Waals surface area contributed by atoms with Crippen LogP contribution in [0.3, 0.4) is 0 Å². The number of pyridine rings is 1. The number of hydrogen-bond acceptors (Lipinski definition) is 3. The molecule has 0 saturated heterocycles. The first-order valence-corrected chi connectivity index (χ1v) is 7.06. The maximum Gasteiger partial charge on any atom is 0.126 e. The number of imidazole rings is 1. The molecule has 1 aliphatic rings. The van der Waals surface area contributed by atoms with E-state index in [4.69, 9.17) is 4.74 Å². The molecule has 0 aliphatic carbocycles. The van der Waals surface area contributed by atoms with Crippen molar-refractivity contribution < 1.29 is 4.74 Å². The Morgan fingerprint density at radius 2 is 2.10 bits per heavy atom. The van der Waals surface area contributed by atoms with Gasteiger partial charge < -0.3 is 9.72 Å². The number of rotatable bonds is 3. The van der Waals surface area contributed by atoms with Gasteiger partial charge in [-0.3, -0.25) is 4.98 Å². The van der Waals surface area contributed by atoms with E-state index in [9.17, 15) is 0 Å². The fourth-order valence-corrected chi connectivity index (χ4v) is 2.97. The van der Waals surface area contributed by atoms with Crippen LogP contribution in [0, 0.1) is 0 Å². The van der Waals surface area contributed by atoms with Crippen molar-refractivity contribution in [3.05, 3.63) is 77.6 Å². The number of nitrogens with zero attached hydrogens (tertiary/aromatic N) is 2. The van der Waals surface area contributed by atoms with Crippen LogP contribution >= 0.6 is 0 Å². The SMILES string of the molecule is c1cncc(C(c2cnc[nH]2)c2cccc3c2OCC3)c1. The van der Waals surface area contributed by atoms with E-state index in [1.165, 1.54) is 11.1 Å². The molecule has 1 N–H and O–H groups in total. The van der Waals surface area contributed by atoms with E-state index in [0.717, 1.165) is 30.0 Å². The van der Waals surface area contributed by atoms with E-state index in [2.05, 4.69) is 39.2 Å². The lowest BCUT2D eigenvalue weighted by molar-refractivity contribution is 0.353. The normalized spacial score (nSPS) is 14.5. The third kappa shape index (κ3) is 2.09. The van der Waals surface area contributed by atoms with Crippen LogP contribution in [0.2, 0.25) is 0 Å². The van der Waals surface area contributed by atoms with Gasteiger partial charge in [-0.1, -0.05) is 24.3 Å². The zero-order chi connectivity index (χ0) is 14.1. The lowest BCUT2D eigenvalue weighted by Gasteiger charge is -2.18. The summed E-state index contributed by atoms with van der Waals surface area (Å²) < 4.78 is 5.88. The smallest absolute Gasteiger partial charge is 0.126 e. The van der Waals surface area contributed by atoms with Crippen LogP contribution in [0.25, 0.3) is 0 Å². The van der Waals surface area contributed by atoms with Gasteiger partial charge in [0, 0.05) is 36.3 Å². The Morgan fingerprint density at radius 3 is 2.90 bits per heavy atom. The van der Waals surface area contributed by atoms with E-state index in [0.29, 0.717) is 0 Å². The predicted octanol–water partition coefficient (Wildman–Crippen LogP) is 2.92. The average Bonchev–Trinajstić information content (AvgIpc) is 3.20. The van der Waals surface area contributed by atoms with Crippen LogP contribution in [0.15, 0.2) is 55.2 Å². The van der Waals surface area contributed by atoms with Gasteiger partial charge in [0.1, 0.15) is 5.75 Å². The number of benzene rings is 1. The Balaban J connectivity index is 1.90. The largest absolute Gasteiger partial charge is 0.493 e. The van der Waals surface area contributed by atoms with Crippen molar-refractivity contribution >= 4 is 0 Å². The first-order valence-electron chi connectivity index (χ1n) is 7.06. The van der Waals surface area contributed by atoms with E-state index in [1.54, 1.807) is 12.5 Å². The zero-order valence-corrected chi connectivity index (χ0v) is 11.5. The number of para-hydroxylation sites is 1. The molecule has 4 heteroatoms. The minimum absolute atomic E-state index is 0.0641. The van der Waals surface area contributed by atoms with Gasteiger partial charge in [0.2, 0.25) is 0 Å². The summed E-state index contributed by atoms with van der Waals surface area (Å²) in [6.07, 6.45) is 8.25. The highest BCUT2D eigenvalue weighted by Gasteiger charge is 2.25. The first-order chi connectivity index (χ1) is 10.4. The third-order valence-corrected chi connectivity index (χ3v) is 3.90. The number of aromatic nitrogens is 3. The summed E-state index contributed by atoms with van der Waals surface area (Å²) in [7, 11) is 0. The lowest BCUT2D eigenvalue weighted by atomic mass is 9.88. The maximum absolute atomic E-state index is 5.88. The van der Waals surface area contributed by atoms with Crippen molar-refractivity contribution in [1.82, 2.24) is 15.0 Å². The summed E-state index contributed by atoms with van der Waals surface area (Å²) in [4.78, 5) is 11.7. The first kappa shape index (κ1) is 12.1. The van der Waals surface area contributed by atoms with Crippen LogP contribution in [0.5, 0.6) is 5.75 Å². The molecule has 0 spiro atoms. The molecule has 0 fully saturated rings. The summed E-state index contributed by atoms with van der Waals surface area (Å²) in [6.45, 7) is 0.759. The molecule has 1 aromatic carbocycles. The van der Waals surface area contributed by atoms with E-state index in [1.807, 2.05) is 18.5 Å². The van der Waals surface area contributed by atoms with Crippen LogP contribution in [0.4, 0.5) is 0 Å². The molecule has 104 valence electrons. The molecular formula is C17H15N3O. The van der Waals surface area contributed by atoms with Gasteiger partial charge in [0.15, 0.2) is 0 Å². The Kier molecular flexibility index (Phi) is 2.92. The third-order valence-electron chi connectivity index (χ3n) is 3.90. The maximum atomic E-state index is 5.88. The molecule has 0 saturated carbocycles. The van der Waals surface area contributed by atoms with E-state index < -0.39 is 0 Å². The molecule has 0 amide bonds. The van der Waals surface area contributed by atoms with Gasteiger partial charge in [-0.25, -0.2) is 4.98 Å². The van der Waals surface area contributed by atoms with E-state index in [-0.39, 0.29) is 5.92 Å². The highest BCUT2D eigenvalue weighted by atomic mass is 16.5. The van der Waals surface area contributed by atoms with Gasteiger partial charge in [-0.2, -0.15) is 0 Å². The van der Waals surface area contributed by atoms with Crippen LogP contribution in [-0.4, -0.2) is 21.6 Å². The molecule has 4 rings (SSSR count). The van der Waals surface area contributed by atoms with Gasteiger partial charge in [-0.05, 0) is 17.2 Å². The molecular weight excluding hydrogens is 262 g/mol. The van der Waals surface area contributed by atoms with Gasteiger partial charge in [-0.15, -0.1) is 0 Å². The molecule has 1 atom stereocenters. The van der Waals surface area contributed by atoms with Crippen molar-refractivity contribution in [2.75, 3.05) is 6.61 Å². The molecule has 21 heavy (non-hydrogen) atoms.